The van der Waals surface area contributed by atoms with Gasteiger partial charge in [0.2, 0.25) is 5.91 Å². The van der Waals surface area contributed by atoms with Gasteiger partial charge in [0.25, 0.3) is 0 Å². The number of carbonyl (C=O) groups excluding carboxylic acids is 1. The minimum Gasteiger partial charge on any atom is -0.381 e. The average Bonchev–Trinajstić information content (AvgIpc) is 2.52. The van der Waals surface area contributed by atoms with Crippen LogP contribution in [-0.2, 0) is 14.3 Å². The van der Waals surface area contributed by atoms with Crippen LogP contribution in [0.3, 0.4) is 0 Å². The smallest absolute Gasteiger partial charge is 0.227 e. The van der Waals surface area contributed by atoms with Crippen LogP contribution in [-0.4, -0.2) is 44.9 Å². The number of hydrogen-bond acceptors (Lipinski definition) is 4. The van der Waals surface area contributed by atoms with Gasteiger partial charge < -0.3 is 20.5 Å². The fourth-order valence-electron chi connectivity index (χ4n) is 3.71. The van der Waals surface area contributed by atoms with E-state index in [1.807, 2.05) is 0 Å². The van der Waals surface area contributed by atoms with E-state index < -0.39 is 5.41 Å². The van der Waals surface area contributed by atoms with Gasteiger partial charge in [-0.15, -0.1) is 0 Å². The molecule has 3 N–H and O–H groups in total. The second-order valence-corrected chi connectivity index (χ2v) is 7.87. The van der Waals surface area contributed by atoms with E-state index in [9.17, 15) is 4.79 Å². The topological polar surface area (TPSA) is 73.6 Å². The quantitative estimate of drug-likeness (QED) is 0.828. The number of rotatable bonds is 4. The van der Waals surface area contributed by atoms with Gasteiger partial charge in [0.1, 0.15) is 0 Å². The molecule has 2 unspecified atom stereocenters. The molecule has 22 heavy (non-hydrogen) atoms. The molecule has 0 aromatic rings. The Morgan fingerprint density at radius 2 is 1.95 bits per heavy atom. The normalized spacial score (nSPS) is 29.1. The summed E-state index contributed by atoms with van der Waals surface area (Å²) < 4.78 is 11.4. The van der Waals surface area contributed by atoms with E-state index in [1.54, 1.807) is 0 Å². The van der Waals surface area contributed by atoms with Crippen LogP contribution in [0.15, 0.2) is 0 Å². The maximum atomic E-state index is 12.7. The van der Waals surface area contributed by atoms with Crippen LogP contribution in [0.5, 0.6) is 0 Å². The lowest BCUT2D eigenvalue weighted by Gasteiger charge is -2.41. The summed E-state index contributed by atoms with van der Waals surface area (Å²) in [4.78, 5) is 12.7. The minimum absolute atomic E-state index is 0.0940. The predicted molar refractivity (Wildman–Crippen MR) is 86.5 cm³/mol. The Hall–Kier alpha value is -0.650. The van der Waals surface area contributed by atoms with Crippen LogP contribution in [0.1, 0.15) is 46.5 Å². The zero-order chi connectivity index (χ0) is 16.2. The van der Waals surface area contributed by atoms with Crippen LogP contribution in [0, 0.1) is 16.7 Å². The third-order valence-electron chi connectivity index (χ3n) is 5.15. The number of ether oxygens (including phenoxy) is 2. The van der Waals surface area contributed by atoms with Crippen molar-refractivity contribution < 1.29 is 14.3 Å². The lowest BCUT2D eigenvalue weighted by atomic mass is 9.77. The van der Waals surface area contributed by atoms with Crippen LogP contribution >= 0.6 is 0 Å². The first-order chi connectivity index (χ1) is 10.4. The molecule has 2 aliphatic rings. The number of nitrogens with one attached hydrogen (secondary N) is 1. The molecule has 0 aromatic carbocycles. The Kier molecular flexibility index (Phi) is 5.86. The van der Waals surface area contributed by atoms with E-state index in [1.165, 1.54) is 0 Å². The summed E-state index contributed by atoms with van der Waals surface area (Å²) >= 11 is 0. The monoisotopic (exact) mass is 312 g/mol. The number of amides is 1. The molecule has 2 heterocycles. The molecule has 0 bridgehead atoms. The second kappa shape index (κ2) is 7.28. The summed E-state index contributed by atoms with van der Waals surface area (Å²) in [6.07, 6.45) is 3.83. The highest BCUT2D eigenvalue weighted by Crippen LogP contribution is 2.34. The van der Waals surface area contributed by atoms with Crippen molar-refractivity contribution in [3.63, 3.8) is 0 Å². The first kappa shape index (κ1) is 17.7. The SMILES string of the molecule is CC(C)(C)C1OCCCC1CNC(=O)C1(CN)CCOCC1. The molecular formula is C17H32N2O3. The van der Waals surface area contributed by atoms with Gasteiger partial charge in [-0.2, -0.15) is 0 Å². The molecule has 2 fully saturated rings. The molecule has 0 spiro atoms. The fourth-order valence-corrected chi connectivity index (χ4v) is 3.71. The van der Waals surface area contributed by atoms with Crippen LogP contribution < -0.4 is 11.1 Å². The van der Waals surface area contributed by atoms with Crippen molar-refractivity contribution in [2.75, 3.05) is 32.9 Å². The first-order valence-electron chi connectivity index (χ1n) is 8.57. The van der Waals surface area contributed by atoms with Crippen LogP contribution in [0.25, 0.3) is 0 Å². The highest BCUT2D eigenvalue weighted by molar-refractivity contribution is 5.83. The standard InChI is InChI=1S/C17H32N2O3/c1-16(2,3)14-13(5-4-8-22-14)11-19-15(20)17(12-18)6-9-21-10-7-17/h13-14H,4-12,18H2,1-3H3,(H,19,20). The third-order valence-corrected chi connectivity index (χ3v) is 5.15. The molecule has 2 rings (SSSR count). The molecule has 5 nitrogen and oxygen atoms in total. The van der Waals surface area contributed by atoms with Crippen molar-refractivity contribution in [2.45, 2.75) is 52.6 Å². The van der Waals surface area contributed by atoms with Crippen molar-refractivity contribution in [2.24, 2.45) is 22.5 Å². The molecule has 2 atom stereocenters. The molecule has 5 heteroatoms. The van der Waals surface area contributed by atoms with E-state index in [4.69, 9.17) is 15.2 Å². The van der Waals surface area contributed by atoms with Gasteiger partial charge in [0.15, 0.2) is 0 Å². The maximum absolute atomic E-state index is 12.7. The molecule has 0 aliphatic carbocycles. The van der Waals surface area contributed by atoms with Crippen LogP contribution in [0.4, 0.5) is 0 Å². The maximum Gasteiger partial charge on any atom is 0.227 e. The van der Waals surface area contributed by atoms with E-state index in [-0.39, 0.29) is 17.4 Å². The Balaban J connectivity index is 1.94. The van der Waals surface area contributed by atoms with Crippen molar-refractivity contribution in [1.29, 1.82) is 0 Å². The number of nitrogens with two attached hydrogens (primary N) is 1. The van der Waals surface area contributed by atoms with Gasteiger partial charge in [-0.1, -0.05) is 20.8 Å². The Labute approximate surface area is 134 Å². The Morgan fingerprint density at radius 3 is 2.55 bits per heavy atom. The van der Waals surface area contributed by atoms with Crippen molar-refractivity contribution in [1.82, 2.24) is 5.32 Å². The average molecular weight is 312 g/mol. The Morgan fingerprint density at radius 1 is 1.27 bits per heavy atom. The molecular weight excluding hydrogens is 280 g/mol. The fraction of sp³-hybridized carbons (Fsp3) is 0.941. The van der Waals surface area contributed by atoms with E-state index in [0.29, 0.717) is 32.2 Å². The lowest BCUT2D eigenvalue weighted by Crippen LogP contribution is -2.52. The molecule has 0 saturated carbocycles. The van der Waals surface area contributed by atoms with E-state index in [0.717, 1.165) is 32.3 Å². The van der Waals surface area contributed by atoms with E-state index in [2.05, 4.69) is 26.1 Å². The second-order valence-electron chi connectivity index (χ2n) is 7.87. The summed E-state index contributed by atoms with van der Waals surface area (Å²) in [6, 6.07) is 0. The highest BCUT2D eigenvalue weighted by Gasteiger charge is 2.40. The molecule has 1 amide bonds. The number of carbonyl (C=O) groups is 1. The van der Waals surface area contributed by atoms with E-state index >= 15 is 0 Å². The van der Waals surface area contributed by atoms with Gasteiger partial charge in [-0.3, -0.25) is 4.79 Å². The molecule has 2 aliphatic heterocycles. The summed E-state index contributed by atoms with van der Waals surface area (Å²) in [7, 11) is 0. The third kappa shape index (κ3) is 4.00. The van der Waals surface area contributed by atoms with Gasteiger partial charge in [0, 0.05) is 38.8 Å². The van der Waals surface area contributed by atoms with Crippen molar-refractivity contribution >= 4 is 5.91 Å². The minimum atomic E-state index is -0.439. The lowest BCUT2D eigenvalue weighted by molar-refractivity contribution is -0.137. The van der Waals surface area contributed by atoms with Crippen molar-refractivity contribution in [3.05, 3.63) is 0 Å². The largest absolute Gasteiger partial charge is 0.381 e. The molecule has 0 radical (unpaired) electrons. The summed E-state index contributed by atoms with van der Waals surface area (Å²) in [6.45, 7) is 9.78. The van der Waals surface area contributed by atoms with Crippen molar-refractivity contribution in [3.8, 4) is 0 Å². The zero-order valence-electron chi connectivity index (χ0n) is 14.3. The molecule has 0 aromatic heterocycles. The predicted octanol–water partition coefficient (Wildman–Crippen LogP) is 1.70. The molecule has 2 saturated heterocycles. The zero-order valence-corrected chi connectivity index (χ0v) is 14.3. The summed E-state index contributed by atoms with van der Waals surface area (Å²) in [5.41, 5.74) is 5.56. The molecule has 128 valence electrons. The van der Waals surface area contributed by atoms with Crippen LogP contribution in [0.2, 0.25) is 0 Å². The Bertz CT molecular complexity index is 373. The summed E-state index contributed by atoms with van der Waals surface area (Å²) in [5, 5.41) is 3.16. The van der Waals surface area contributed by atoms with Gasteiger partial charge >= 0.3 is 0 Å². The van der Waals surface area contributed by atoms with Gasteiger partial charge in [-0.05, 0) is 31.1 Å². The first-order valence-corrected chi connectivity index (χ1v) is 8.57. The summed E-state index contributed by atoms with van der Waals surface area (Å²) in [5.74, 6) is 0.476. The van der Waals surface area contributed by atoms with Gasteiger partial charge in [-0.25, -0.2) is 0 Å². The number of hydrogen-bond donors (Lipinski definition) is 2. The highest BCUT2D eigenvalue weighted by atomic mass is 16.5. The van der Waals surface area contributed by atoms with Gasteiger partial charge in [0.05, 0.1) is 11.5 Å².